The Balaban J connectivity index is 2.57. The summed E-state index contributed by atoms with van der Waals surface area (Å²) in [7, 11) is 0. The van der Waals surface area contributed by atoms with Crippen LogP contribution >= 0.6 is 0 Å². The summed E-state index contributed by atoms with van der Waals surface area (Å²) in [6, 6.07) is 4.47. The average Bonchev–Trinajstić information content (AvgIpc) is 2.54. The topological polar surface area (TPSA) is 77.8 Å². The first-order chi connectivity index (χ1) is 11.7. The Bertz CT molecular complexity index is 692. The second-order valence-corrected chi connectivity index (χ2v) is 6.55. The Morgan fingerprint density at radius 3 is 2.44 bits per heavy atom. The molecule has 0 saturated carbocycles. The quantitative estimate of drug-likeness (QED) is 0.375. The zero-order valence-corrected chi connectivity index (χ0v) is 15.4. The summed E-state index contributed by atoms with van der Waals surface area (Å²) in [5.41, 5.74) is 3.27. The van der Waals surface area contributed by atoms with Crippen molar-refractivity contribution in [1.29, 1.82) is 0 Å². The molecular formula is C21H28O4. The van der Waals surface area contributed by atoms with E-state index in [0.717, 1.165) is 17.6 Å². The lowest BCUT2D eigenvalue weighted by Gasteiger charge is -2.07. The molecule has 4 heteroatoms. The van der Waals surface area contributed by atoms with Crippen molar-refractivity contribution >= 4 is 5.78 Å². The minimum absolute atomic E-state index is 0.130. The smallest absolute Gasteiger partial charge is 0.190 e. The Labute approximate surface area is 149 Å². The largest absolute Gasteiger partial charge is 0.508 e. The predicted molar refractivity (Wildman–Crippen MR) is 101 cm³/mol. The number of carbonyl (C=O) groups excluding carboxylic acids is 1. The summed E-state index contributed by atoms with van der Waals surface area (Å²) in [5.74, 6) is 0.0230. The van der Waals surface area contributed by atoms with Gasteiger partial charge < -0.3 is 15.3 Å². The van der Waals surface area contributed by atoms with Gasteiger partial charge >= 0.3 is 0 Å². The molecule has 1 rings (SSSR count). The number of aliphatic hydroxyl groups excluding tert-OH is 1. The molecular weight excluding hydrogens is 316 g/mol. The van der Waals surface area contributed by atoms with Crippen LogP contribution in [0.4, 0.5) is 0 Å². The lowest BCUT2D eigenvalue weighted by atomic mass is 10.0. The number of hydrogen-bond acceptors (Lipinski definition) is 4. The van der Waals surface area contributed by atoms with E-state index in [1.54, 1.807) is 19.1 Å². The first-order valence-electron chi connectivity index (χ1n) is 8.41. The number of Topliss-reactive ketones (excluding diaryl/α,β-unsaturated/α-hetero) is 1. The SMILES string of the molecule is CC(C)=C[C@@H](O)C(=O)/C(C)=C/CC/C(C)=C/Cc1cc(O)ccc1O. The highest BCUT2D eigenvalue weighted by Crippen LogP contribution is 2.23. The van der Waals surface area contributed by atoms with Gasteiger partial charge in [0.15, 0.2) is 5.78 Å². The van der Waals surface area contributed by atoms with Crippen LogP contribution in [0.2, 0.25) is 0 Å². The van der Waals surface area contributed by atoms with Gasteiger partial charge in [-0.25, -0.2) is 0 Å². The lowest BCUT2D eigenvalue weighted by molar-refractivity contribution is -0.121. The molecule has 136 valence electrons. The van der Waals surface area contributed by atoms with Crippen molar-refractivity contribution < 1.29 is 20.1 Å². The zero-order chi connectivity index (χ0) is 19.0. The van der Waals surface area contributed by atoms with E-state index < -0.39 is 6.10 Å². The van der Waals surface area contributed by atoms with Gasteiger partial charge in [-0.1, -0.05) is 23.3 Å². The fourth-order valence-electron chi connectivity index (χ4n) is 2.36. The van der Waals surface area contributed by atoms with Crippen molar-refractivity contribution in [3.63, 3.8) is 0 Å². The molecule has 0 fully saturated rings. The number of carbonyl (C=O) groups is 1. The summed E-state index contributed by atoms with van der Waals surface area (Å²) in [4.78, 5) is 12.0. The number of phenols is 2. The van der Waals surface area contributed by atoms with Crippen molar-refractivity contribution in [3.8, 4) is 11.5 Å². The summed E-state index contributed by atoms with van der Waals surface area (Å²) in [6.07, 6.45) is 6.33. The van der Waals surface area contributed by atoms with E-state index >= 15 is 0 Å². The van der Waals surface area contributed by atoms with E-state index in [0.29, 0.717) is 24.0 Å². The molecule has 0 amide bonds. The van der Waals surface area contributed by atoms with Gasteiger partial charge in [0.2, 0.25) is 0 Å². The van der Waals surface area contributed by atoms with Crippen LogP contribution in [0.25, 0.3) is 0 Å². The third kappa shape index (κ3) is 7.40. The maximum Gasteiger partial charge on any atom is 0.190 e. The molecule has 3 N–H and O–H groups in total. The fourth-order valence-corrected chi connectivity index (χ4v) is 2.36. The van der Waals surface area contributed by atoms with Crippen molar-refractivity contribution in [2.75, 3.05) is 0 Å². The van der Waals surface area contributed by atoms with E-state index in [2.05, 4.69) is 0 Å². The minimum Gasteiger partial charge on any atom is -0.508 e. The maximum absolute atomic E-state index is 12.0. The molecule has 0 aromatic heterocycles. The van der Waals surface area contributed by atoms with Crippen LogP contribution < -0.4 is 0 Å². The molecule has 0 unspecified atom stereocenters. The second kappa shape index (κ2) is 9.84. The Morgan fingerprint density at radius 2 is 1.80 bits per heavy atom. The van der Waals surface area contributed by atoms with Crippen LogP contribution in [0.1, 0.15) is 46.1 Å². The van der Waals surface area contributed by atoms with E-state index in [1.807, 2.05) is 32.9 Å². The van der Waals surface area contributed by atoms with Crippen LogP contribution in [0.15, 0.2) is 53.1 Å². The molecule has 1 aromatic rings. The number of aliphatic hydroxyl groups is 1. The maximum atomic E-state index is 12.0. The van der Waals surface area contributed by atoms with E-state index in [-0.39, 0.29) is 17.3 Å². The number of benzene rings is 1. The first kappa shape index (κ1) is 20.7. The van der Waals surface area contributed by atoms with E-state index in [1.165, 1.54) is 12.1 Å². The number of rotatable bonds is 8. The predicted octanol–water partition coefficient (Wildman–Crippen LogP) is 4.21. The van der Waals surface area contributed by atoms with Crippen LogP contribution in [-0.4, -0.2) is 27.2 Å². The van der Waals surface area contributed by atoms with Gasteiger partial charge in [-0.05, 0) is 76.8 Å². The van der Waals surface area contributed by atoms with Gasteiger partial charge in [0, 0.05) is 5.56 Å². The van der Waals surface area contributed by atoms with Crippen molar-refractivity contribution in [1.82, 2.24) is 0 Å². The molecule has 0 saturated heterocycles. The summed E-state index contributed by atoms with van der Waals surface area (Å²) >= 11 is 0. The van der Waals surface area contributed by atoms with Crippen LogP contribution in [0.3, 0.4) is 0 Å². The van der Waals surface area contributed by atoms with Crippen molar-refractivity contribution in [3.05, 3.63) is 58.7 Å². The number of hydrogen-bond donors (Lipinski definition) is 3. The number of allylic oxidation sites excluding steroid dienone is 4. The Hall–Kier alpha value is -2.33. The third-order valence-corrected chi connectivity index (χ3v) is 3.87. The van der Waals surface area contributed by atoms with Gasteiger partial charge in [0.25, 0.3) is 0 Å². The third-order valence-electron chi connectivity index (χ3n) is 3.87. The standard InChI is InChI=1S/C21H28O4/c1-14(2)12-20(24)21(25)16(4)7-5-6-15(3)8-9-17-13-18(22)10-11-19(17)23/h7-8,10-13,20,22-24H,5-6,9H2,1-4H3/b15-8+,16-7+/t20-/m1/s1. The monoisotopic (exact) mass is 344 g/mol. The molecule has 0 heterocycles. The fraction of sp³-hybridized carbons (Fsp3) is 0.381. The molecule has 0 radical (unpaired) electrons. The summed E-state index contributed by atoms with van der Waals surface area (Å²) in [6.45, 7) is 7.39. The van der Waals surface area contributed by atoms with E-state index in [4.69, 9.17) is 0 Å². The van der Waals surface area contributed by atoms with Crippen LogP contribution in [-0.2, 0) is 11.2 Å². The molecule has 0 bridgehead atoms. The molecule has 0 aliphatic heterocycles. The molecule has 0 aliphatic carbocycles. The van der Waals surface area contributed by atoms with Gasteiger partial charge in [-0.3, -0.25) is 4.79 Å². The highest BCUT2D eigenvalue weighted by Gasteiger charge is 2.13. The molecule has 25 heavy (non-hydrogen) atoms. The normalized spacial score (nSPS) is 13.5. The van der Waals surface area contributed by atoms with Gasteiger partial charge in [0.05, 0.1) is 0 Å². The minimum atomic E-state index is -1.08. The molecule has 0 spiro atoms. The number of ketones is 1. The molecule has 1 aromatic carbocycles. The van der Waals surface area contributed by atoms with Crippen LogP contribution in [0.5, 0.6) is 11.5 Å². The number of aromatic hydroxyl groups is 2. The van der Waals surface area contributed by atoms with Crippen molar-refractivity contribution in [2.45, 2.75) is 53.1 Å². The van der Waals surface area contributed by atoms with Gasteiger partial charge in [-0.15, -0.1) is 0 Å². The second-order valence-electron chi connectivity index (χ2n) is 6.55. The Kier molecular flexibility index (Phi) is 8.16. The summed E-state index contributed by atoms with van der Waals surface area (Å²) < 4.78 is 0. The highest BCUT2D eigenvalue weighted by molar-refractivity contribution is 5.99. The average molecular weight is 344 g/mol. The van der Waals surface area contributed by atoms with Crippen molar-refractivity contribution in [2.24, 2.45) is 0 Å². The number of phenolic OH excluding ortho intramolecular Hbond substituents is 2. The summed E-state index contributed by atoms with van der Waals surface area (Å²) in [5, 5.41) is 29.0. The molecule has 4 nitrogen and oxygen atoms in total. The zero-order valence-electron chi connectivity index (χ0n) is 15.4. The van der Waals surface area contributed by atoms with Gasteiger partial charge in [-0.2, -0.15) is 0 Å². The van der Waals surface area contributed by atoms with Gasteiger partial charge in [0.1, 0.15) is 17.6 Å². The lowest BCUT2D eigenvalue weighted by Crippen LogP contribution is -2.18. The van der Waals surface area contributed by atoms with E-state index in [9.17, 15) is 20.1 Å². The Morgan fingerprint density at radius 1 is 1.12 bits per heavy atom. The molecule has 0 aliphatic rings. The first-order valence-corrected chi connectivity index (χ1v) is 8.41. The van der Waals surface area contributed by atoms with Crippen LogP contribution in [0, 0.1) is 0 Å². The highest BCUT2D eigenvalue weighted by atomic mass is 16.3. The molecule has 1 atom stereocenters.